The maximum atomic E-state index is 13.4. The van der Waals surface area contributed by atoms with Gasteiger partial charge in [0.1, 0.15) is 11.5 Å². The van der Waals surface area contributed by atoms with Crippen LogP contribution in [0.4, 0.5) is 0 Å². The number of rotatable bonds is 5. The summed E-state index contributed by atoms with van der Waals surface area (Å²) >= 11 is 0. The van der Waals surface area contributed by atoms with Crippen molar-refractivity contribution in [3.8, 4) is 22.9 Å². The fourth-order valence-corrected chi connectivity index (χ4v) is 4.80. The molecule has 160 valence electrons. The van der Waals surface area contributed by atoms with Crippen LogP contribution in [-0.2, 0) is 0 Å². The number of amides is 1. The van der Waals surface area contributed by atoms with Crippen LogP contribution in [0.1, 0.15) is 47.8 Å². The van der Waals surface area contributed by atoms with E-state index in [9.17, 15) is 4.79 Å². The summed E-state index contributed by atoms with van der Waals surface area (Å²) in [4.78, 5) is 24.2. The van der Waals surface area contributed by atoms with Crippen LogP contribution < -0.4 is 9.47 Å². The minimum absolute atomic E-state index is 0.0183. The van der Waals surface area contributed by atoms with Crippen molar-refractivity contribution in [1.82, 2.24) is 20.0 Å². The van der Waals surface area contributed by atoms with Gasteiger partial charge in [-0.2, -0.15) is 4.98 Å². The van der Waals surface area contributed by atoms with Gasteiger partial charge in [-0.25, -0.2) is 0 Å². The Kier molecular flexibility index (Phi) is 5.05. The average molecular weight is 420 g/mol. The van der Waals surface area contributed by atoms with Crippen molar-refractivity contribution in [2.75, 3.05) is 14.2 Å². The minimum Gasteiger partial charge on any atom is -0.497 e. The van der Waals surface area contributed by atoms with Crippen molar-refractivity contribution < 1.29 is 18.8 Å². The molecule has 2 aliphatic heterocycles. The van der Waals surface area contributed by atoms with Crippen LogP contribution in [0.5, 0.6) is 11.5 Å². The molecule has 5 rings (SSSR count). The Labute approximate surface area is 180 Å². The summed E-state index contributed by atoms with van der Waals surface area (Å²) in [5.41, 5.74) is 1.42. The van der Waals surface area contributed by atoms with Gasteiger partial charge in [-0.1, -0.05) is 5.16 Å². The third-order valence-corrected chi connectivity index (χ3v) is 6.28. The van der Waals surface area contributed by atoms with E-state index in [0.717, 1.165) is 31.2 Å². The number of ether oxygens (including phenoxy) is 2. The van der Waals surface area contributed by atoms with Crippen molar-refractivity contribution in [3.05, 3.63) is 54.2 Å². The predicted octanol–water partition coefficient (Wildman–Crippen LogP) is 3.70. The number of nitrogens with zero attached hydrogens (tertiary/aromatic N) is 4. The van der Waals surface area contributed by atoms with E-state index in [4.69, 9.17) is 14.0 Å². The fraction of sp³-hybridized carbons (Fsp3) is 0.391. The average Bonchev–Trinajstić information content (AvgIpc) is 3.41. The molecule has 2 bridgehead atoms. The monoisotopic (exact) mass is 420 g/mol. The molecule has 3 aromatic rings. The first-order valence-electron chi connectivity index (χ1n) is 10.5. The lowest BCUT2D eigenvalue weighted by Crippen LogP contribution is -2.46. The van der Waals surface area contributed by atoms with Crippen molar-refractivity contribution in [2.24, 2.45) is 0 Å². The predicted molar refractivity (Wildman–Crippen MR) is 112 cm³/mol. The summed E-state index contributed by atoms with van der Waals surface area (Å²) in [7, 11) is 3.17. The first-order valence-corrected chi connectivity index (χ1v) is 10.5. The van der Waals surface area contributed by atoms with Gasteiger partial charge in [-0.05, 0) is 49.9 Å². The number of hydrogen-bond donors (Lipinski definition) is 0. The highest BCUT2D eigenvalue weighted by Gasteiger charge is 2.45. The normalized spacial score (nSPS) is 22.4. The number of carbonyl (C=O) groups is 1. The highest BCUT2D eigenvalue weighted by molar-refractivity contribution is 5.95. The zero-order valence-electron chi connectivity index (χ0n) is 17.5. The van der Waals surface area contributed by atoms with E-state index in [1.54, 1.807) is 44.8 Å². The lowest BCUT2D eigenvalue weighted by Gasteiger charge is -2.38. The van der Waals surface area contributed by atoms with Crippen molar-refractivity contribution >= 4 is 5.91 Å². The molecule has 1 unspecified atom stereocenters. The molecular formula is C23H24N4O4. The second kappa shape index (κ2) is 8.02. The summed E-state index contributed by atoms with van der Waals surface area (Å²) in [6.07, 6.45) is 7.04. The standard InChI is InChI=1S/C23H24N4O4/c1-29-19-10-16(11-20(12-19)30-2)23(28)27-17-5-6-18(27)9-15(8-17)22-25-21(26-31-22)14-4-3-7-24-13-14/h3-4,7,10-13,15,17-18H,5-6,8-9H2,1-2H3/t15?,17-,18+. The van der Waals surface area contributed by atoms with E-state index in [0.29, 0.717) is 28.8 Å². The van der Waals surface area contributed by atoms with Crippen LogP contribution in [0.3, 0.4) is 0 Å². The number of aromatic nitrogens is 3. The number of methoxy groups -OCH3 is 2. The lowest BCUT2D eigenvalue weighted by atomic mass is 9.90. The van der Waals surface area contributed by atoms with Crippen LogP contribution >= 0.6 is 0 Å². The molecule has 2 aliphatic rings. The molecule has 0 spiro atoms. The van der Waals surface area contributed by atoms with Crippen LogP contribution in [0.15, 0.2) is 47.2 Å². The summed E-state index contributed by atoms with van der Waals surface area (Å²) in [6.45, 7) is 0. The highest BCUT2D eigenvalue weighted by Crippen LogP contribution is 2.43. The van der Waals surface area contributed by atoms with Crippen molar-refractivity contribution in [2.45, 2.75) is 43.7 Å². The van der Waals surface area contributed by atoms with Crippen LogP contribution in [0.2, 0.25) is 0 Å². The number of benzene rings is 1. The Morgan fingerprint density at radius 1 is 1.10 bits per heavy atom. The maximum Gasteiger partial charge on any atom is 0.254 e. The van der Waals surface area contributed by atoms with Gasteiger partial charge in [-0.15, -0.1) is 0 Å². The SMILES string of the molecule is COc1cc(OC)cc(C(=O)N2[C@@H]3CC[C@H]2CC(c2nc(-c4cccnc4)no2)C3)c1. The summed E-state index contributed by atoms with van der Waals surface area (Å²) in [5.74, 6) is 2.59. The Bertz CT molecular complexity index is 1050. The Morgan fingerprint density at radius 3 is 2.42 bits per heavy atom. The molecule has 1 aromatic carbocycles. The smallest absolute Gasteiger partial charge is 0.254 e. The molecule has 2 fully saturated rings. The summed E-state index contributed by atoms with van der Waals surface area (Å²) < 4.78 is 16.3. The van der Waals surface area contributed by atoms with E-state index in [1.807, 2.05) is 17.0 Å². The molecular weight excluding hydrogens is 396 g/mol. The first kappa shape index (κ1) is 19.5. The largest absolute Gasteiger partial charge is 0.497 e. The molecule has 8 heteroatoms. The van der Waals surface area contributed by atoms with Crippen LogP contribution in [0.25, 0.3) is 11.4 Å². The molecule has 4 heterocycles. The van der Waals surface area contributed by atoms with Gasteiger partial charge in [0.05, 0.1) is 14.2 Å². The van der Waals surface area contributed by atoms with Crippen molar-refractivity contribution in [1.29, 1.82) is 0 Å². The van der Waals surface area contributed by atoms with Crippen LogP contribution in [0, 0.1) is 0 Å². The van der Waals surface area contributed by atoms with Gasteiger partial charge in [-0.3, -0.25) is 9.78 Å². The van der Waals surface area contributed by atoms with Gasteiger partial charge in [0.2, 0.25) is 11.7 Å². The maximum absolute atomic E-state index is 13.4. The van der Waals surface area contributed by atoms with E-state index < -0.39 is 0 Å². The molecule has 0 saturated carbocycles. The van der Waals surface area contributed by atoms with Gasteiger partial charge in [0.15, 0.2) is 0 Å². The van der Waals surface area contributed by atoms with Gasteiger partial charge < -0.3 is 18.9 Å². The van der Waals surface area contributed by atoms with Crippen LogP contribution in [-0.4, -0.2) is 52.2 Å². The molecule has 2 saturated heterocycles. The summed E-state index contributed by atoms with van der Waals surface area (Å²) in [6, 6.07) is 9.39. The van der Waals surface area contributed by atoms with Gasteiger partial charge in [0, 0.05) is 47.6 Å². The highest BCUT2D eigenvalue weighted by atomic mass is 16.5. The van der Waals surface area contributed by atoms with Gasteiger partial charge in [0.25, 0.3) is 5.91 Å². The molecule has 31 heavy (non-hydrogen) atoms. The zero-order chi connectivity index (χ0) is 21.4. The molecule has 2 aromatic heterocycles. The van der Waals surface area contributed by atoms with E-state index in [-0.39, 0.29) is 23.9 Å². The lowest BCUT2D eigenvalue weighted by molar-refractivity contribution is 0.0554. The first-order chi connectivity index (χ1) is 15.2. The Balaban J connectivity index is 1.35. The number of fused-ring (bicyclic) bond motifs is 2. The second-order valence-corrected chi connectivity index (χ2v) is 8.07. The number of hydrogen-bond acceptors (Lipinski definition) is 7. The quantitative estimate of drug-likeness (QED) is 0.622. The Hall–Kier alpha value is -3.42. The number of pyridine rings is 1. The zero-order valence-corrected chi connectivity index (χ0v) is 17.5. The Morgan fingerprint density at radius 2 is 1.81 bits per heavy atom. The molecule has 0 aliphatic carbocycles. The van der Waals surface area contributed by atoms with E-state index in [1.165, 1.54) is 0 Å². The third kappa shape index (κ3) is 3.62. The minimum atomic E-state index is 0.0183. The molecule has 3 atom stereocenters. The topological polar surface area (TPSA) is 90.6 Å². The molecule has 1 amide bonds. The molecule has 0 N–H and O–H groups in total. The van der Waals surface area contributed by atoms with Crippen molar-refractivity contribution in [3.63, 3.8) is 0 Å². The van der Waals surface area contributed by atoms with E-state index in [2.05, 4.69) is 15.1 Å². The summed E-state index contributed by atoms with van der Waals surface area (Å²) in [5, 5.41) is 4.14. The fourth-order valence-electron chi connectivity index (χ4n) is 4.80. The van der Waals surface area contributed by atoms with Gasteiger partial charge >= 0.3 is 0 Å². The number of piperidine rings is 1. The number of carbonyl (C=O) groups excluding carboxylic acids is 1. The third-order valence-electron chi connectivity index (χ3n) is 6.28. The van der Waals surface area contributed by atoms with E-state index >= 15 is 0 Å². The molecule has 0 radical (unpaired) electrons. The molecule has 8 nitrogen and oxygen atoms in total. The second-order valence-electron chi connectivity index (χ2n) is 8.07.